The van der Waals surface area contributed by atoms with Crippen molar-refractivity contribution in [3.05, 3.63) is 42.0 Å². The van der Waals surface area contributed by atoms with Gasteiger partial charge in [-0.25, -0.2) is 0 Å². The maximum Gasteiger partial charge on any atom is 0.186 e. The van der Waals surface area contributed by atoms with E-state index in [2.05, 4.69) is 13.0 Å². The fourth-order valence-corrected chi connectivity index (χ4v) is 1.54. The molecule has 0 aromatic heterocycles. The maximum atomic E-state index is 11.6. The van der Waals surface area contributed by atoms with Gasteiger partial charge in [0.25, 0.3) is 0 Å². The van der Waals surface area contributed by atoms with Crippen molar-refractivity contribution in [2.75, 3.05) is 0 Å². The first-order valence-electron chi connectivity index (χ1n) is 4.50. The molecule has 0 N–H and O–H groups in total. The van der Waals surface area contributed by atoms with Crippen molar-refractivity contribution in [2.24, 2.45) is 0 Å². The molecule has 2 aromatic carbocycles. The third-order valence-corrected chi connectivity index (χ3v) is 2.29. The second-order valence-electron chi connectivity index (χ2n) is 3.17. The van der Waals surface area contributed by atoms with E-state index >= 15 is 0 Å². The second-order valence-corrected chi connectivity index (χ2v) is 3.17. The Kier molecular flexibility index (Phi) is 1.93. The summed E-state index contributed by atoms with van der Waals surface area (Å²) in [5, 5.41) is 13.4. The summed E-state index contributed by atoms with van der Waals surface area (Å²) in [5.41, 5.74) is 1.11. The van der Waals surface area contributed by atoms with E-state index in [-0.39, 0.29) is 5.75 Å². The highest BCUT2D eigenvalue weighted by atomic mass is 16.3. The van der Waals surface area contributed by atoms with Crippen LogP contribution in [0.2, 0.25) is 0 Å². The fraction of sp³-hybridized carbons (Fsp3) is 0.167. The van der Waals surface area contributed by atoms with Crippen LogP contribution in [0.1, 0.15) is 12.5 Å². The van der Waals surface area contributed by atoms with Gasteiger partial charge in [-0.1, -0.05) is 37.3 Å². The second kappa shape index (κ2) is 3.09. The van der Waals surface area contributed by atoms with Gasteiger partial charge in [0.1, 0.15) is 0 Å². The molecule has 0 unspecified atom stereocenters. The highest BCUT2D eigenvalue weighted by molar-refractivity contribution is 5.88. The number of aryl methyl sites for hydroxylation is 1. The molecule has 0 saturated heterocycles. The molecule has 0 fully saturated rings. The zero-order chi connectivity index (χ0) is 9.26. The number of hydrogen-bond acceptors (Lipinski definition) is 0. The summed E-state index contributed by atoms with van der Waals surface area (Å²) in [6.45, 7) is 2.06. The highest BCUT2D eigenvalue weighted by Crippen LogP contribution is 2.26. The van der Waals surface area contributed by atoms with Crippen molar-refractivity contribution in [3.63, 3.8) is 0 Å². The summed E-state index contributed by atoms with van der Waals surface area (Å²) in [4.78, 5) is 0. The number of benzene rings is 2. The van der Waals surface area contributed by atoms with E-state index in [4.69, 9.17) is 0 Å². The Morgan fingerprint density at radius 3 is 2.69 bits per heavy atom. The molecule has 0 bridgehead atoms. The standard InChI is InChI=1S/C12H11O/c1-2-9-7-10-5-3-4-6-11(10)12(13)8-9/h3-8H,2H2,1H3. The van der Waals surface area contributed by atoms with Gasteiger partial charge in [-0.2, -0.15) is 0 Å². The van der Waals surface area contributed by atoms with Crippen molar-refractivity contribution in [1.29, 1.82) is 0 Å². The lowest BCUT2D eigenvalue weighted by Crippen LogP contribution is -1.80. The first-order valence-corrected chi connectivity index (χ1v) is 4.50. The van der Waals surface area contributed by atoms with Crippen LogP contribution in [0, 0.1) is 0 Å². The van der Waals surface area contributed by atoms with E-state index in [1.807, 2.05) is 24.3 Å². The van der Waals surface area contributed by atoms with Crippen molar-refractivity contribution in [2.45, 2.75) is 13.3 Å². The summed E-state index contributed by atoms with van der Waals surface area (Å²) in [5.74, 6) is 0.134. The van der Waals surface area contributed by atoms with Crippen LogP contribution in [0.3, 0.4) is 0 Å². The van der Waals surface area contributed by atoms with Crippen LogP contribution in [0.25, 0.3) is 10.8 Å². The van der Waals surface area contributed by atoms with Crippen molar-refractivity contribution in [1.82, 2.24) is 0 Å². The Morgan fingerprint density at radius 2 is 1.92 bits per heavy atom. The Bertz CT molecular complexity index is 432. The number of rotatable bonds is 1. The average Bonchev–Trinajstić information content (AvgIpc) is 2.18. The highest BCUT2D eigenvalue weighted by Gasteiger charge is 2.02. The van der Waals surface area contributed by atoms with Gasteiger partial charge in [0, 0.05) is 5.39 Å². The van der Waals surface area contributed by atoms with E-state index in [0.717, 1.165) is 22.8 Å². The summed E-state index contributed by atoms with van der Waals surface area (Å²) in [6, 6.07) is 11.5. The Morgan fingerprint density at radius 1 is 1.15 bits per heavy atom. The van der Waals surface area contributed by atoms with E-state index < -0.39 is 0 Å². The van der Waals surface area contributed by atoms with E-state index in [9.17, 15) is 5.11 Å². The van der Waals surface area contributed by atoms with Gasteiger partial charge in [0.15, 0.2) is 5.75 Å². The first-order chi connectivity index (χ1) is 6.31. The molecular formula is C12H11O. The predicted molar refractivity (Wildman–Crippen MR) is 53.5 cm³/mol. The molecule has 2 rings (SSSR count). The summed E-state index contributed by atoms with van der Waals surface area (Å²) < 4.78 is 0. The Balaban J connectivity index is 2.77. The van der Waals surface area contributed by atoms with Gasteiger partial charge >= 0.3 is 0 Å². The van der Waals surface area contributed by atoms with Crippen molar-refractivity contribution >= 4 is 10.8 Å². The van der Waals surface area contributed by atoms with Crippen molar-refractivity contribution < 1.29 is 5.11 Å². The smallest absolute Gasteiger partial charge is 0.186 e. The molecule has 0 amide bonds. The minimum Gasteiger partial charge on any atom is -0.289 e. The van der Waals surface area contributed by atoms with Crippen LogP contribution < -0.4 is 0 Å². The molecule has 1 heteroatoms. The fourth-order valence-electron chi connectivity index (χ4n) is 1.54. The van der Waals surface area contributed by atoms with E-state index in [1.54, 1.807) is 6.07 Å². The Labute approximate surface area is 77.6 Å². The van der Waals surface area contributed by atoms with E-state index in [0.29, 0.717) is 0 Å². The van der Waals surface area contributed by atoms with Crippen LogP contribution in [-0.4, -0.2) is 0 Å². The largest absolute Gasteiger partial charge is 0.289 e. The van der Waals surface area contributed by atoms with Gasteiger partial charge in [-0.3, -0.25) is 5.11 Å². The third kappa shape index (κ3) is 1.37. The topological polar surface area (TPSA) is 19.9 Å². The lowest BCUT2D eigenvalue weighted by molar-refractivity contribution is 0.360. The lowest BCUT2D eigenvalue weighted by atomic mass is 10.0. The molecule has 0 heterocycles. The van der Waals surface area contributed by atoms with Gasteiger partial charge in [0.2, 0.25) is 0 Å². The van der Waals surface area contributed by atoms with Crippen LogP contribution in [0.15, 0.2) is 36.4 Å². The Hall–Kier alpha value is -1.50. The molecule has 0 atom stereocenters. The predicted octanol–water partition coefficient (Wildman–Crippen LogP) is 3.55. The summed E-state index contributed by atoms with van der Waals surface area (Å²) in [7, 11) is 0. The monoisotopic (exact) mass is 171 g/mol. The van der Waals surface area contributed by atoms with Crippen LogP contribution in [0.4, 0.5) is 0 Å². The third-order valence-electron chi connectivity index (χ3n) is 2.29. The average molecular weight is 171 g/mol. The molecule has 2 aromatic rings. The quantitative estimate of drug-likeness (QED) is 0.625. The molecule has 0 aliphatic heterocycles. The zero-order valence-corrected chi connectivity index (χ0v) is 7.58. The molecule has 13 heavy (non-hydrogen) atoms. The van der Waals surface area contributed by atoms with Crippen LogP contribution >= 0.6 is 0 Å². The van der Waals surface area contributed by atoms with E-state index in [1.165, 1.54) is 0 Å². The molecular weight excluding hydrogens is 160 g/mol. The number of fused-ring (bicyclic) bond motifs is 1. The van der Waals surface area contributed by atoms with Crippen molar-refractivity contribution in [3.8, 4) is 5.75 Å². The summed E-state index contributed by atoms with van der Waals surface area (Å²) >= 11 is 0. The zero-order valence-electron chi connectivity index (χ0n) is 7.58. The molecule has 0 spiro atoms. The molecule has 0 aliphatic rings. The van der Waals surface area contributed by atoms with Gasteiger partial charge in [-0.15, -0.1) is 0 Å². The van der Waals surface area contributed by atoms with Crippen LogP contribution in [0.5, 0.6) is 5.75 Å². The SMILES string of the molecule is CCc1cc([O])c2ccccc2c1. The minimum atomic E-state index is 0.134. The molecule has 1 radical (unpaired) electrons. The van der Waals surface area contributed by atoms with Gasteiger partial charge in [0.05, 0.1) is 0 Å². The molecule has 0 aliphatic carbocycles. The molecule has 0 saturated carbocycles. The minimum absolute atomic E-state index is 0.134. The van der Waals surface area contributed by atoms with Crippen LogP contribution in [-0.2, 0) is 11.5 Å². The normalized spacial score (nSPS) is 10.5. The summed E-state index contributed by atoms with van der Waals surface area (Å²) in [6.07, 6.45) is 0.917. The first kappa shape index (κ1) is 8.11. The molecule has 65 valence electrons. The lowest BCUT2D eigenvalue weighted by Gasteiger charge is -2.01. The number of hydrogen-bond donors (Lipinski definition) is 0. The van der Waals surface area contributed by atoms with Gasteiger partial charge < -0.3 is 0 Å². The maximum absolute atomic E-state index is 11.6. The van der Waals surface area contributed by atoms with Gasteiger partial charge in [-0.05, 0) is 23.4 Å². The molecule has 1 nitrogen and oxygen atoms in total.